The van der Waals surface area contributed by atoms with Gasteiger partial charge in [-0.1, -0.05) is 64.7 Å². The van der Waals surface area contributed by atoms with Crippen LogP contribution in [0.25, 0.3) is 0 Å². The topological polar surface area (TPSA) is 41.5 Å². The molecule has 1 saturated heterocycles. The Balaban J connectivity index is 1.59. The largest absolute Gasteiger partial charge is 0.393 e. The second-order valence-electron chi connectivity index (χ2n) is 8.65. The Morgan fingerprint density at radius 2 is 1.83 bits per heavy atom. The Morgan fingerprint density at radius 3 is 2.71 bits per heavy atom. The maximum atomic E-state index is 11.3. The van der Waals surface area contributed by atoms with Crippen LogP contribution >= 0.6 is 0 Å². The molecule has 3 nitrogen and oxygen atoms in total. The van der Waals surface area contributed by atoms with Crippen molar-refractivity contribution in [1.29, 1.82) is 0 Å². The highest BCUT2D eigenvalue weighted by Crippen LogP contribution is 2.44. The van der Waals surface area contributed by atoms with Gasteiger partial charge in [-0.2, -0.15) is 0 Å². The molecule has 0 amide bonds. The lowest BCUT2D eigenvalue weighted by Gasteiger charge is -2.39. The summed E-state index contributed by atoms with van der Waals surface area (Å²) in [6.45, 7) is 3.19. The summed E-state index contributed by atoms with van der Waals surface area (Å²) < 4.78 is 0. The van der Waals surface area contributed by atoms with Gasteiger partial charge in [-0.25, -0.2) is 5.48 Å². The minimum atomic E-state index is -0.0993. The van der Waals surface area contributed by atoms with Crippen LogP contribution in [-0.4, -0.2) is 23.9 Å². The van der Waals surface area contributed by atoms with Gasteiger partial charge in [-0.15, -0.1) is 0 Å². The second kappa shape index (κ2) is 9.54. The van der Waals surface area contributed by atoms with Crippen molar-refractivity contribution in [2.75, 3.05) is 6.54 Å². The first-order valence-corrected chi connectivity index (χ1v) is 10.9. The maximum absolute atomic E-state index is 11.3. The van der Waals surface area contributed by atoms with Crippen molar-refractivity contribution in [3.05, 3.63) is 0 Å². The summed E-state index contributed by atoms with van der Waals surface area (Å²) in [5.74, 6) is 2.35. The number of aliphatic hydroxyl groups is 1. The van der Waals surface area contributed by atoms with Gasteiger partial charge in [0.2, 0.25) is 0 Å². The lowest BCUT2D eigenvalue weighted by Crippen LogP contribution is -2.41. The van der Waals surface area contributed by atoms with E-state index in [1.54, 1.807) is 0 Å². The van der Waals surface area contributed by atoms with Crippen LogP contribution in [0.4, 0.5) is 0 Å². The van der Waals surface area contributed by atoms with Crippen LogP contribution in [0.5, 0.6) is 0 Å². The molecule has 0 aromatic carbocycles. The minimum Gasteiger partial charge on any atom is -0.393 e. The molecule has 2 aliphatic carbocycles. The average molecular weight is 338 g/mol. The minimum absolute atomic E-state index is 0.0993. The molecule has 24 heavy (non-hydrogen) atoms. The Labute approximate surface area is 148 Å². The number of hydrogen-bond donors (Lipinski definition) is 2. The molecule has 0 radical (unpaired) electrons. The summed E-state index contributed by atoms with van der Waals surface area (Å²) in [5.41, 5.74) is 3.17. The smallest absolute Gasteiger partial charge is 0.0822 e. The molecule has 2 saturated carbocycles. The van der Waals surface area contributed by atoms with Crippen LogP contribution in [0.2, 0.25) is 0 Å². The summed E-state index contributed by atoms with van der Waals surface area (Å²) in [6.07, 6.45) is 17.1. The zero-order valence-electron chi connectivity index (χ0n) is 15.7. The van der Waals surface area contributed by atoms with Gasteiger partial charge in [-0.05, 0) is 49.4 Å². The fourth-order valence-electron chi connectivity index (χ4n) is 5.82. The third-order valence-electron chi connectivity index (χ3n) is 7.14. The van der Waals surface area contributed by atoms with Crippen LogP contribution in [0.1, 0.15) is 90.4 Å². The van der Waals surface area contributed by atoms with Crippen molar-refractivity contribution in [2.24, 2.45) is 23.7 Å². The van der Waals surface area contributed by atoms with Gasteiger partial charge < -0.3 is 5.11 Å². The first kappa shape index (κ1) is 18.7. The molecule has 2 N–H and O–H groups in total. The van der Waals surface area contributed by atoms with E-state index in [4.69, 9.17) is 4.84 Å². The standard InChI is InChI=1S/C21H39NO2/c1-2-3-4-5-9-16-10-8-12-17(16)21(23)19-14-15-22-24-20-13-7-6-11-18(19)20/h16-23H,2-15H2,1H3. The molecule has 0 spiro atoms. The molecule has 3 aliphatic rings. The lowest BCUT2D eigenvalue weighted by atomic mass is 9.70. The highest BCUT2D eigenvalue weighted by Gasteiger charge is 2.43. The van der Waals surface area contributed by atoms with Gasteiger partial charge in [0.15, 0.2) is 0 Å². The number of fused-ring (bicyclic) bond motifs is 1. The third kappa shape index (κ3) is 4.53. The van der Waals surface area contributed by atoms with Gasteiger partial charge in [0, 0.05) is 6.54 Å². The number of nitrogens with one attached hydrogen (secondary N) is 1. The van der Waals surface area contributed by atoms with Crippen molar-refractivity contribution in [3.63, 3.8) is 0 Å². The van der Waals surface area contributed by atoms with Gasteiger partial charge in [0.1, 0.15) is 0 Å². The molecule has 1 aliphatic heterocycles. The lowest BCUT2D eigenvalue weighted by molar-refractivity contribution is -0.0839. The predicted molar refractivity (Wildman–Crippen MR) is 98.5 cm³/mol. The number of hydroxylamine groups is 1. The molecule has 6 atom stereocenters. The fraction of sp³-hybridized carbons (Fsp3) is 1.00. The Morgan fingerprint density at radius 1 is 0.958 bits per heavy atom. The molecule has 3 rings (SSSR count). The number of aliphatic hydroxyl groups excluding tert-OH is 1. The molecule has 140 valence electrons. The summed E-state index contributed by atoms with van der Waals surface area (Å²) in [7, 11) is 0. The highest BCUT2D eigenvalue weighted by molar-refractivity contribution is 4.92. The number of unbranched alkanes of at least 4 members (excludes halogenated alkanes) is 3. The molecule has 1 heterocycles. The van der Waals surface area contributed by atoms with Crippen LogP contribution in [0.3, 0.4) is 0 Å². The van der Waals surface area contributed by atoms with E-state index in [0.717, 1.165) is 18.9 Å². The molecular formula is C21H39NO2. The van der Waals surface area contributed by atoms with E-state index < -0.39 is 0 Å². The van der Waals surface area contributed by atoms with E-state index in [9.17, 15) is 5.11 Å². The average Bonchev–Trinajstić information content (AvgIpc) is 2.97. The first-order chi connectivity index (χ1) is 11.8. The number of rotatable bonds is 7. The molecule has 0 bridgehead atoms. The van der Waals surface area contributed by atoms with Crippen molar-refractivity contribution in [1.82, 2.24) is 5.48 Å². The van der Waals surface area contributed by atoms with Crippen molar-refractivity contribution < 1.29 is 9.94 Å². The van der Waals surface area contributed by atoms with E-state index in [1.165, 1.54) is 77.0 Å². The number of hydrogen-bond acceptors (Lipinski definition) is 3. The van der Waals surface area contributed by atoms with Crippen LogP contribution in [0, 0.1) is 23.7 Å². The fourth-order valence-corrected chi connectivity index (χ4v) is 5.82. The second-order valence-corrected chi connectivity index (χ2v) is 8.65. The zero-order valence-corrected chi connectivity index (χ0v) is 15.7. The Kier molecular flexibility index (Phi) is 7.42. The van der Waals surface area contributed by atoms with Crippen LogP contribution < -0.4 is 5.48 Å². The van der Waals surface area contributed by atoms with E-state index >= 15 is 0 Å². The first-order valence-electron chi connectivity index (χ1n) is 10.9. The molecule has 3 fully saturated rings. The quantitative estimate of drug-likeness (QED) is 0.654. The predicted octanol–water partition coefficient (Wildman–Crippen LogP) is 4.83. The van der Waals surface area contributed by atoms with E-state index in [1.807, 2.05) is 0 Å². The van der Waals surface area contributed by atoms with Gasteiger partial charge in [0.05, 0.1) is 12.2 Å². The Bertz CT molecular complexity index is 362. The SMILES string of the molecule is CCCCCCC1CCCC1C(O)C1CCNOC2CCCCC21. The van der Waals surface area contributed by atoms with Crippen molar-refractivity contribution in [3.8, 4) is 0 Å². The van der Waals surface area contributed by atoms with Crippen molar-refractivity contribution in [2.45, 2.75) is 103 Å². The van der Waals surface area contributed by atoms with Crippen LogP contribution in [-0.2, 0) is 4.84 Å². The van der Waals surface area contributed by atoms with Gasteiger partial charge in [-0.3, -0.25) is 4.84 Å². The normalized spacial score (nSPS) is 38.5. The summed E-state index contributed by atoms with van der Waals surface area (Å²) in [5, 5.41) is 11.3. The highest BCUT2D eigenvalue weighted by atomic mass is 16.7. The summed E-state index contributed by atoms with van der Waals surface area (Å²) in [6, 6.07) is 0. The third-order valence-corrected chi connectivity index (χ3v) is 7.14. The van der Waals surface area contributed by atoms with Gasteiger partial charge >= 0.3 is 0 Å². The zero-order chi connectivity index (χ0) is 16.8. The Hall–Kier alpha value is -0.120. The van der Waals surface area contributed by atoms with Crippen LogP contribution in [0.15, 0.2) is 0 Å². The van der Waals surface area contributed by atoms with E-state index in [2.05, 4.69) is 12.4 Å². The monoisotopic (exact) mass is 337 g/mol. The molecule has 3 heteroatoms. The summed E-state index contributed by atoms with van der Waals surface area (Å²) in [4.78, 5) is 5.91. The molecule has 0 aromatic rings. The maximum Gasteiger partial charge on any atom is 0.0822 e. The van der Waals surface area contributed by atoms with E-state index in [-0.39, 0.29) is 6.10 Å². The van der Waals surface area contributed by atoms with Gasteiger partial charge in [0.25, 0.3) is 0 Å². The molecular weight excluding hydrogens is 298 g/mol. The molecule has 6 unspecified atom stereocenters. The van der Waals surface area contributed by atoms with Crippen molar-refractivity contribution >= 4 is 0 Å². The molecule has 0 aromatic heterocycles. The summed E-state index contributed by atoms with van der Waals surface area (Å²) >= 11 is 0. The van der Waals surface area contributed by atoms with E-state index in [0.29, 0.717) is 23.9 Å².